The van der Waals surface area contributed by atoms with Crippen molar-refractivity contribution < 1.29 is 23.2 Å². The Bertz CT molecular complexity index is 641. The first-order valence-corrected chi connectivity index (χ1v) is 6.08. The van der Waals surface area contributed by atoms with E-state index < -0.39 is 23.2 Å². The van der Waals surface area contributed by atoms with Crippen LogP contribution in [0.2, 0.25) is 0 Å². The van der Waals surface area contributed by atoms with E-state index in [0.717, 1.165) is 18.9 Å². The Hall–Kier alpha value is -2.31. The van der Waals surface area contributed by atoms with Gasteiger partial charge in [-0.15, -0.1) is 0 Å². The first-order chi connectivity index (χ1) is 9.52. The highest BCUT2D eigenvalue weighted by atomic mass is 19.2. The zero-order chi connectivity index (χ0) is 14.7. The average molecular weight is 282 g/mol. The second-order valence-electron chi connectivity index (χ2n) is 4.24. The molecule has 5 nitrogen and oxygen atoms in total. The monoisotopic (exact) mass is 282 g/mol. The Morgan fingerprint density at radius 3 is 2.70 bits per heavy atom. The first-order valence-electron chi connectivity index (χ1n) is 6.08. The molecule has 106 valence electrons. The van der Waals surface area contributed by atoms with Crippen LogP contribution in [0.15, 0.2) is 16.7 Å². The lowest BCUT2D eigenvalue weighted by atomic mass is 10.1. The third-order valence-corrected chi connectivity index (χ3v) is 2.74. The van der Waals surface area contributed by atoms with Crippen LogP contribution in [0.3, 0.4) is 0 Å². The number of unbranched alkanes of at least 4 members (excludes halogenated alkanes) is 1. The fraction of sp³-hybridized carbons (Fsp3) is 0.308. The van der Waals surface area contributed by atoms with Gasteiger partial charge in [0.1, 0.15) is 0 Å². The molecule has 0 spiro atoms. The van der Waals surface area contributed by atoms with E-state index in [1.54, 1.807) is 0 Å². The molecule has 1 heterocycles. The maximum absolute atomic E-state index is 13.3. The summed E-state index contributed by atoms with van der Waals surface area (Å²) in [5.41, 5.74) is -0.554. The van der Waals surface area contributed by atoms with E-state index in [2.05, 4.69) is 10.1 Å². The molecule has 0 aliphatic heterocycles. The first kappa shape index (κ1) is 14.1. The number of hydrogen-bond acceptors (Lipinski definition) is 4. The van der Waals surface area contributed by atoms with Crippen molar-refractivity contribution in [2.24, 2.45) is 0 Å². The second-order valence-corrected chi connectivity index (χ2v) is 4.24. The summed E-state index contributed by atoms with van der Waals surface area (Å²) in [7, 11) is 0. The van der Waals surface area contributed by atoms with Crippen LogP contribution in [-0.2, 0) is 6.42 Å². The highest BCUT2D eigenvalue weighted by molar-refractivity contribution is 5.94. The molecule has 0 bridgehead atoms. The number of hydrogen-bond donors (Lipinski definition) is 1. The maximum Gasteiger partial charge on any atom is 0.336 e. The highest BCUT2D eigenvalue weighted by Crippen LogP contribution is 2.25. The van der Waals surface area contributed by atoms with Crippen LogP contribution in [0.1, 0.15) is 35.9 Å². The molecule has 0 aliphatic rings. The number of carboxylic acid groups (broad SMARTS) is 1. The summed E-state index contributed by atoms with van der Waals surface area (Å²) in [6.07, 6.45) is 2.37. The molecule has 0 saturated heterocycles. The predicted molar refractivity (Wildman–Crippen MR) is 65.2 cm³/mol. The highest BCUT2D eigenvalue weighted by Gasteiger charge is 2.20. The number of benzene rings is 1. The molecule has 1 aromatic carbocycles. The van der Waals surface area contributed by atoms with Crippen molar-refractivity contribution in [3.63, 3.8) is 0 Å². The Balaban J connectivity index is 2.43. The molecule has 2 aromatic rings. The van der Waals surface area contributed by atoms with Gasteiger partial charge < -0.3 is 9.63 Å². The van der Waals surface area contributed by atoms with Crippen molar-refractivity contribution in [3.8, 4) is 11.5 Å². The molecule has 2 rings (SSSR count). The average Bonchev–Trinajstić information content (AvgIpc) is 2.87. The Morgan fingerprint density at radius 2 is 2.05 bits per heavy atom. The van der Waals surface area contributed by atoms with E-state index in [1.807, 2.05) is 6.92 Å². The van der Waals surface area contributed by atoms with Crippen molar-refractivity contribution >= 4 is 5.97 Å². The Kier molecular flexibility index (Phi) is 4.07. The third-order valence-electron chi connectivity index (χ3n) is 2.74. The van der Waals surface area contributed by atoms with Gasteiger partial charge in [0.15, 0.2) is 17.5 Å². The van der Waals surface area contributed by atoms with Gasteiger partial charge in [-0.2, -0.15) is 4.98 Å². The van der Waals surface area contributed by atoms with Crippen molar-refractivity contribution in [3.05, 3.63) is 35.2 Å². The molecular formula is C13H12F2N2O3. The van der Waals surface area contributed by atoms with Crippen molar-refractivity contribution in [1.82, 2.24) is 10.1 Å². The van der Waals surface area contributed by atoms with Gasteiger partial charge in [-0.1, -0.05) is 18.5 Å². The molecule has 0 radical (unpaired) electrons. The summed E-state index contributed by atoms with van der Waals surface area (Å²) >= 11 is 0. The fourth-order valence-corrected chi connectivity index (χ4v) is 1.70. The second kappa shape index (κ2) is 5.77. The summed E-state index contributed by atoms with van der Waals surface area (Å²) in [6.45, 7) is 2.00. The van der Waals surface area contributed by atoms with Gasteiger partial charge in [0.25, 0.3) is 5.89 Å². The number of rotatable bonds is 5. The van der Waals surface area contributed by atoms with Gasteiger partial charge in [-0.25, -0.2) is 13.6 Å². The zero-order valence-corrected chi connectivity index (χ0v) is 10.7. The smallest absolute Gasteiger partial charge is 0.336 e. The van der Waals surface area contributed by atoms with Gasteiger partial charge >= 0.3 is 5.97 Å². The number of carbonyl (C=O) groups is 1. The standard InChI is InChI=1S/C13H12F2N2O3/c1-2-3-4-11-16-12(20-17-11)7-5-9(14)10(15)6-8(7)13(18)19/h5-6H,2-4H2,1H3,(H,18,19). The Labute approximate surface area is 113 Å². The van der Waals surface area contributed by atoms with Crippen LogP contribution >= 0.6 is 0 Å². The molecular weight excluding hydrogens is 270 g/mol. The minimum atomic E-state index is -1.40. The topological polar surface area (TPSA) is 76.2 Å². The predicted octanol–water partition coefficient (Wildman–Crippen LogP) is 3.06. The molecule has 0 unspecified atom stereocenters. The number of carboxylic acids is 1. The van der Waals surface area contributed by atoms with Crippen LogP contribution < -0.4 is 0 Å². The molecule has 1 N–H and O–H groups in total. The van der Waals surface area contributed by atoms with E-state index in [-0.39, 0.29) is 11.5 Å². The molecule has 7 heteroatoms. The van der Waals surface area contributed by atoms with E-state index in [9.17, 15) is 13.6 Å². The molecule has 0 atom stereocenters. The number of nitrogens with zero attached hydrogens (tertiary/aromatic N) is 2. The van der Waals surface area contributed by atoms with Gasteiger partial charge in [0.05, 0.1) is 11.1 Å². The number of aryl methyl sites for hydroxylation is 1. The number of aromatic nitrogens is 2. The van der Waals surface area contributed by atoms with Gasteiger partial charge in [0.2, 0.25) is 0 Å². The summed E-state index contributed by atoms with van der Waals surface area (Å²) in [5, 5.41) is 12.7. The van der Waals surface area contributed by atoms with Crippen LogP contribution in [0.4, 0.5) is 8.78 Å². The molecule has 0 saturated carbocycles. The lowest BCUT2D eigenvalue weighted by Crippen LogP contribution is -2.02. The van der Waals surface area contributed by atoms with Crippen molar-refractivity contribution in [1.29, 1.82) is 0 Å². The molecule has 0 fully saturated rings. The fourth-order valence-electron chi connectivity index (χ4n) is 1.70. The van der Waals surface area contributed by atoms with E-state index >= 15 is 0 Å². The number of halogens is 2. The summed E-state index contributed by atoms with van der Waals surface area (Å²) in [4.78, 5) is 15.1. The van der Waals surface area contributed by atoms with E-state index in [0.29, 0.717) is 18.3 Å². The molecule has 0 aliphatic carbocycles. The van der Waals surface area contributed by atoms with Crippen LogP contribution in [0, 0.1) is 11.6 Å². The van der Waals surface area contributed by atoms with Crippen molar-refractivity contribution in [2.45, 2.75) is 26.2 Å². The largest absolute Gasteiger partial charge is 0.478 e. The zero-order valence-electron chi connectivity index (χ0n) is 10.7. The summed E-state index contributed by atoms with van der Waals surface area (Å²) in [5.74, 6) is -3.53. The lowest BCUT2D eigenvalue weighted by molar-refractivity contribution is 0.0696. The van der Waals surface area contributed by atoms with Gasteiger partial charge in [-0.05, 0) is 18.6 Å². The van der Waals surface area contributed by atoms with Crippen molar-refractivity contribution in [2.75, 3.05) is 0 Å². The third kappa shape index (κ3) is 2.81. The summed E-state index contributed by atoms with van der Waals surface area (Å²) in [6, 6.07) is 1.35. The number of aromatic carboxylic acids is 1. The minimum absolute atomic E-state index is 0.132. The SMILES string of the molecule is CCCCc1noc(-c2cc(F)c(F)cc2C(=O)O)n1. The quantitative estimate of drug-likeness (QED) is 0.912. The van der Waals surface area contributed by atoms with Gasteiger partial charge in [-0.3, -0.25) is 0 Å². The van der Waals surface area contributed by atoms with Crippen LogP contribution in [-0.4, -0.2) is 21.2 Å². The molecule has 20 heavy (non-hydrogen) atoms. The van der Waals surface area contributed by atoms with Crippen LogP contribution in [0.25, 0.3) is 11.5 Å². The molecule has 1 aromatic heterocycles. The maximum atomic E-state index is 13.3. The lowest BCUT2D eigenvalue weighted by Gasteiger charge is -2.02. The Morgan fingerprint density at radius 1 is 1.35 bits per heavy atom. The summed E-state index contributed by atoms with van der Waals surface area (Å²) < 4.78 is 31.3. The minimum Gasteiger partial charge on any atom is -0.478 e. The van der Waals surface area contributed by atoms with Gasteiger partial charge in [0, 0.05) is 6.42 Å². The molecule has 0 amide bonds. The van der Waals surface area contributed by atoms with E-state index in [4.69, 9.17) is 9.63 Å². The normalized spacial score (nSPS) is 10.8. The van der Waals surface area contributed by atoms with Crippen LogP contribution in [0.5, 0.6) is 0 Å². The van der Waals surface area contributed by atoms with E-state index in [1.165, 1.54) is 0 Å².